The van der Waals surface area contributed by atoms with Crippen LogP contribution in [0.4, 0.5) is 5.69 Å². The Morgan fingerprint density at radius 3 is 2.55 bits per heavy atom. The van der Waals surface area contributed by atoms with Crippen molar-refractivity contribution < 1.29 is 14.7 Å². The summed E-state index contributed by atoms with van der Waals surface area (Å²) in [7, 11) is 0. The Bertz CT molecular complexity index is 779. The number of amides is 1. The van der Waals surface area contributed by atoms with E-state index < -0.39 is 5.97 Å². The number of hydrogen-bond donors (Lipinski definition) is 1. The smallest absolute Gasteiger partial charge is 0.335 e. The molecular formula is C15H9NO3S3. The van der Waals surface area contributed by atoms with Gasteiger partial charge in [-0.3, -0.25) is 9.69 Å². The molecule has 0 saturated carbocycles. The number of rotatable bonds is 3. The Hall–Kier alpha value is -1.96. The number of thiocarbonyl (C=S) groups is 1. The maximum absolute atomic E-state index is 12.5. The molecule has 0 radical (unpaired) electrons. The van der Waals surface area contributed by atoms with Crippen molar-refractivity contribution in [3.8, 4) is 0 Å². The van der Waals surface area contributed by atoms with Crippen molar-refractivity contribution in [2.24, 2.45) is 0 Å². The summed E-state index contributed by atoms with van der Waals surface area (Å²) in [6, 6.07) is 9.93. The van der Waals surface area contributed by atoms with Crippen molar-refractivity contribution in [3.63, 3.8) is 0 Å². The molecule has 1 aliphatic rings. The third kappa shape index (κ3) is 2.83. The van der Waals surface area contributed by atoms with Gasteiger partial charge in [-0.15, -0.1) is 11.3 Å². The van der Waals surface area contributed by atoms with E-state index in [1.165, 1.54) is 28.8 Å². The number of thiophene rings is 1. The van der Waals surface area contributed by atoms with Crippen LogP contribution in [0.3, 0.4) is 0 Å². The second kappa shape index (κ2) is 6.04. The number of hydrogen-bond acceptors (Lipinski definition) is 5. The molecule has 1 fully saturated rings. The fourth-order valence-electron chi connectivity index (χ4n) is 1.95. The first kappa shape index (κ1) is 15.0. The van der Waals surface area contributed by atoms with E-state index in [1.807, 2.05) is 23.6 Å². The van der Waals surface area contributed by atoms with Crippen molar-refractivity contribution in [2.75, 3.05) is 4.90 Å². The maximum atomic E-state index is 12.5. The van der Waals surface area contributed by atoms with E-state index >= 15 is 0 Å². The van der Waals surface area contributed by atoms with Gasteiger partial charge < -0.3 is 5.11 Å². The van der Waals surface area contributed by atoms with Gasteiger partial charge in [0.2, 0.25) is 0 Å². The summed E-state index contributed by atoms with van der Waals surface area (Å²) < 4.78 is 0.441. The fraction of sp³-hybridized carbons (Fsp3) is 0. The lowest BCUT2D eigenvalue weighted by Crippen LogP contribution is -2.27. The number of carbonyl (C=O) groups is 2. The zero-order chi connectivity index (χ0) is 15.7. The van der Waals surface area contributed by atoms with Crippen LogP contribution in [0.5, 0.6) is 0 Å². The molecule has 1 saturated heterocycles. The lowest BCUT2D eigenvalue weighted by Gasteiger charge is -2.14. The molecule has 1 aliphatic heterocycles. The quantitative estimate of drug-likeness (QED) is 0.675. The van der Waals surface area contributed by atoms with Crippen LogP contribution >= 0.6 is 35.3 Å². The van der Waals surface area contributed by atoms with Gasteiger partial charge in [0.25, 0.3) is 5.91 Å². The van der Waals surface area contributed by atoms with Crippen LogP contribution in [0.25, 0.3) is 6.08 Å². The highest BCUT2D eigenvalue weighted by molar-refractivity contribution is 8.27. The fourth-order valence-corrected chi connectivity index (χ4v) is 3.97. The highest BCUT2D eigenvalue weighted by atomic mass is 32.2. The van der Waals surface area contributed by atoms with Gasteiger partial charge in [0, 0.05) is 4.88 Å². The van der Waals surface area contributed by atoms with Crippen LogP contribution in [-0.2, 0) is 4.79 Å². The molecule has 0 unspecified atom stereocenters. The molecule has 2 aromatic rings. The number of carboxylic acids is 1. The van der Waals surface area contributed by atoms with Crippen LogP contribution in [0.2, 0.25) is 0 Å². The highest BCUT2D eigenvalue weighted by Crippen LogP contribution is 2.36. The number of carboxylic acid groups (broad SMARTS) is 1. The molecule has 4 nitrogen and oxygen atoms in total. The predicted molar refractivity (Wildman–Crippen MR) is 93.4 cm³/mol. The van der Waals surface area contributed by atoms with E-state index in [1.54, 1.807) is 23.5 Å². The summed E-state index contributed by atoms with van der Waals surface area (Å²) >= 11 is 8.06. The minimum atomic E-state index is -1.01. The van der Waals surface area contributed by atoms with Crippen LogP contribution in [0, 0.1) is 0 Å². The number of thioether (sulfide) groups is 1. The van der Waals surface area contributed by atoms with Gasteiger partial charge in [-0.2, -0.15) is 0 Å². The summed E-state index contributed by atoms with van der Waals surface area (Å²) in [6.07, 6.45) is 1.82. The van der Waals surface area contributed by atoms with E-state index in [4.69, 9.17) is 17.3 Å². The van der Waals surface area contributed by atoms with Gasteiger partial charge in [-0.05, 0) is 41.8 Å². The first-order chi connectivity index (χ1) is 10.6. The zero-order valence-corrected chi connectivity index (χ0v) is 13.5. The molecule has 0 bridgehead atoms. The second-order valence-electron chi connectivity index (χ2n) is 4.38. The molecule has 3 rings (SSSR count). The summed E-state index contributed by atoms with van der Waals surface area (Å²) in [5, 5.41) is 10.9. The molecule has 7 heteroatoms. The lowest BCUT2D eigenvalue weighted by atomic mass is 10.2. The molecule has 2 heterocycles. The minimum absolute atomic E-state index is 0.170. The molecule has 1 aromatic carbocycles. The molecule has 1 aromatic heterocycles. The van der Waals surface area contributed by atoms with Gasteiger partial charge in [-0.25, -0.2) is 4.79 Å². The molecule has 0 spiro atoms. The lowest BCUT2D eigenvalue weighted by molar-refractivity contribution is -0.113. The topological polar surface area (TPSA) is 57.6 Å². The van der Waals surface area contributed by atoms with E-state index in [2.05, 4.69) is 0 Å². The third-order valence-corrected chi connectivity index (χ3v) is 5.10. The monoisotopic (exact) mass is 347 g/mol. The largest absolute Gasteiger partial charge is 0.478 e. The SMILES string of the molecule is O=C(O)c1ccc(N2C(=O)/C(=C/c3cccs3)SC2=S)cc1. The molecule has 0 atom stereocenters. The van der Waals surface area contributed by atoms with E-state index in [0.717, 1.165) is 4.88 Å². The number of anilines is 1. The Morgan fingerprint density at radius 1 is 1.23 bits per heavy atom. The van der Waals surface area contributed by atoms with Gasteiger partial charge in [0.1, 0.15) is 0 Å². The summed E-state index contributed by atoms with van der Waals surface area (Å²) in [6.45, 7) is 0. The molecule has 0 aliphatic carbocycles. The van der Waals surface area contributed by atoms with Crippen molar-refractivity contribution >= 4 is 63.3 Å². The number of aromatic carboxylic acids is 1. The van der Waals surface area contributed by atoms with Gasteiger partial charge in [-0.1, -0.05) is 30.0 Å². The Morgan fingerprint density at radius 2 is 1.95 bits per heavy atom. The second-order valence-corrected chi connectivity index (χ2v) is 7.04. The van der Waals surface area contributed by atoms with Crippen molar-refractivity contribution in [1.82, 2.24) is 0 Å². The van der Waals surface area contributed by atoms with Crippen molar-refractivity contribution in [1.29, 1.82) is 0 Å². The van der Waals surface area contributed by atoms with E-state index in [9.17, 15) is 9.59 Å². The Kier molecular flexibility index (Phi) is 4.10. The van der Waals surface area contributed by atoms with Crippen molar-refractivity contribution in [3.05, 3.63) is 57.1 Å². The Balaban J connectivity index is 1.90. The molecule has 110 valence electrons. The summed E-state index contributed by atoms with van der Waals surface area (Å²) in [5.41, 5.74) is 0.741. The van der Waals surface area contributed by atoms with Gasteiger partial charge in [0.05, 0.1) is 16.2 Å². The first-order valence-electron chi connectivity index (χ1n) is 6.21. The number of carbonyl (C=O) groups excluding carboxylic acids is 1. The van der Waals surface area contributed by atoms with Gasteiger partial charge >= 0.3 is 5.97 Å². The third-order valence-electron chi connectivity index (χ3n) is 2.98. The van der Waals surface area contributed by atoms with Gasteiger partial charge in [0.15, 0.2) is 4.32 Å². The van der Waals surface area contributed by atoms with Crippen molar-refractivity contribution in [2.45, 2.75) is 0 Å². The molecule has 22 heavy (non-hydrogen) atoms. The van der Waals surface area contributed by atoms with Crippen LogP contribution in [0.15, 0.2) is 46.7 Å². The predicted octanol–water partition coefficient (Wildman–Crippen LogP) is 3.85. The van der Waals surface area contributed by atoms with E-state index in [-0.39, 0.29) is 11.5 Å². The summed E-state index contributed by atoms with van der Waals surface area (Å²) in [5.74, 6) is -1.19. The number of benzene rings is 1. The standard InChI is InChI=1S/C15H9NO3S3/c17-13-12(8-11-2-1-7-21-11)22-15(20)16(13)10-5-3-9(4-6-10)14(18)19/h1-8H,(H,18,19)/b12-8-. The molecular weight excluding hydrogens is 338 g/mol. The molecule has 1 N–H and O–H groups in total. The average Bonchev–Trinajstić information content (AvgIpc) is 3.09. The molecule has 1 amide bonds. The van der Waals surface area contributed by atoms with Crippen LogP contribution in [-0.4, -0.2) is 21.3 Å². The van der Waals surface area contributed by atoms with E-state index in [0.29, 0.717) is 14.9 Å². The zero-order valence-electron chi connectivity index (χ0n) is 11.1. The number of nitrogens with zero attached hydrogens (tertiary/aromatic N) is 1. The van der Waals surface area contributed by atoms with Crippen LogP contribution < -0.4 is 4.90 Å². The summed E-state index contributed by atoms with van der Waals surface area (Å²) in [4.78, 5) is 26.3. The average molecular weight is 347 g/mol. The highest BCUT2D eigenvalue weighted by Gasteiger charge is 2.33. The Labute approximate surface area is 140 Å². The minimum Gasteiger partial charge on any atom is -0.478 e. The first-order valence-corrected chi connectivity index (χ1v) is 8.31. The van der Waals surface area contributed by atoms with Crippen LogP contribution in [0.1, 0.15) is 15.2 Å². The normalized spacial score (nSPS) is 16.5. The maximum Gasteiger partial charge on any atom is 0.335 e.